The Kier molecular flexibility index (Phi) is 6.29. The summed E-state index contributed by atoms with van der Waals surface area (Å²) in [6, 6.07) is 4.34. The van der Waals surface area contributed by atoms with Crippen molar-refractivity contribution in [3.05, 3.63) is 35.1 Å². The summed E-state index contributed by atoms with van der Waals surface area (Å²) in [5, 5.41) is 2.73. The van der Waals surface area contributed by atoms with Crippen molar-refractivity contribution in [2.24, 2.45) is 5.92 Å². The van der Waals surface area contributed by atoms with Crippen LogP contribution < -0.4 is 5.32 Å². The summed E-state index contributed by atoms with van der Waals surface area (Å²) in [6.07, 6.45) is 1.99. The number of carbonyl (C=O) groups is 1. The van der Waals surface area contributed by atoms with Gasteiger partial charge in [0.1, 0.15) is 5.82 Å². The van der Waals surface area contributed by atoms with Gasteiger partial charge >= 0.3 is 0 Å². The second kappa shape index (κ2) is 7.49. The van der Waals surface area contributed by atoms with Crippen LogP contribution in [0.25, 0.3) is 0 Å². The third kappa shape index (κ3) is 4.50. The van der Waals surface area contributed by atoms with E-state index >= 15 is 0 Å². The molecule has 1 N–H and O–H groups in total. The lowest BCUT2D eigenvalue weighted by atomic mass is 9.99. The van der Waals surface area contributed by atoms with Crippen molar-refractivity contribution in [3.63, 3.8) is 0 Å². The summed E-state index contributed by atoms with van der Waals surface area (Å²) >= 11 is 6.26. The molecule has 1 aromatic carbocycles. The lowest BCUT2D eigenvalue weighted by molar-refractivity contribution is 0.0951. The molecular weight excluding hydrogens is 265 g/mol. The van der Waals surface area contributed by atoms with Gasteiger partial charge in [0.2, 0.25) is 0 Å². The molecule has 106 valence electrons. The number of nitrogens with one attached hydrogen (secondary N) is 1. The van der Waals surface area contributed by atoms with Crippen LogP contribution in [0.3, 0.4) is 0 Å². The summed E-state index contributed by atoms with van der Waals surface area (Å²) in [4.78, 5) is 11.9. The summed E-state index contributed by atoms with van der Waals surface area (Å²) in [7, 11) is 0. The molecule has 0 fully saturated rings. The van der Waals surface area contributed by atoms with E-state index in [2.05, 4.69) is 19.2 Å². The first-order valence-electron chi connectivity index (χ1n) is 6.68. The number of halogens is 2. The van der Waals surface area contributed by atoms with E-state index in [1.807, 2.05) is 0 Å². The van der Waals surface area contributed by atoms with Gasteiger partial charge in [-0.3, -0.25) is 4.79 Å². The minimum absolute atomic E-state index is 0.0690. The Morgan fingerprint density at radius 2 is 2.00 bits per heavy atom. The van der Waals surface area contributed by atoms with Gasteiger partial charge in [0.15, 0.2) is 0 Å². The molecule has 0 aliphatic carbocycles. The van der Waals surface area contributed by atoms with Crippen LogP contribution >= 0.6 is 11.6 Å². The minimum atomic E-state index is -0.302. The third-order valence-electron chi connectivity index (χ3n) is 3.44. The van der Waals surface area contributed by atoms with E-state index in [-0.39, 0.29) is 17.1 Å². The van der Waals surface area contributed by atoms with E-state index in [9.17, 15) is 9.18 Å². The summed E-state index contributed by atoms with van der Waals surface area (Å²) < 4.78 is 13.1. The highest BCUT2D eigenvalue weighted by Crippen LogP contribution is 2.18. The maximum Gasteiger partial charge on any atom is 0.251 e. The zero-order chi connectivity index (χ0) is 14.4. The van der Waals surface area contributed by atoms with Gasteiger partial charge in [-0.2, -0.15) is 0 Å². The maximum atomic E-state index is 13.1. The molecule has 4 heteroatoms. The normalized spacial score (nSPS) is 12.5. The van der Waals surface area contributed by atoms with Crippen LogP contribution in [0.2, 0.25) is 0 Å². The number of hydrogen-bond donors (Lipinski definition) is 1. The maximum absolute atomic E-state index is 13.1. The number of hydrogen-bond acceptors (Lipinski definition) is 1. The van der Waals surface area contributed by atoms with Crippen LogP contribution in [0, 0.1) is 18.7 Å². The molecular formula is C15H21ClFNO. The summed E-state index contributed by atoms with van der Waals surface area (Å²) in [5.74, 6) is -0.111. The van der Waals surface area contributed by atoms with Crippen LogP contribution in [0.5, 0.6) is 0 Å². The van der Waals surface area contributed by atoms with Gasteiger partial charge in [0.25, 0.3) is 5.91 Å². The van der Waals surface area contributed by atoms with E-state index in [1.165, 1.54) is 12.1 Å². The molecule has 0 saturated heterocycles. The second-order valence-corrected chi connectivity index (χ2v) is 5.33. The van der Waals surface area contributed by atoms with E-state index < -0.39 is 0 Å². The van der Waals surface area contributed by atoms with E-state index in [1.54, 1.807) is 13.0 Å². The molecule has 1 unspecified atom stereocenters. The van der Waals surface area contributed by atoms with Crippen LogP contribution in [-0.4, -0.2) is 17.8 Å². The van der Waals surface area contributed by atoms with Gasteiger partial charge in [-0.05, 0) is 36.6 Å². The Labute approximate surface area is 119 Å². The zero-order valence-corrected chi connectivity index (χ0v) is 12.4. The summed E-state index contributed by atoms with van der Waals surface area (Å²) in [5.41, 5.74) is 0.933. The predicted octanol–water partition coefficient (Wildman–Crippen LogP) is 3.91. The second-order valence-electron chi connectivity index (χ2n) is 4.77. The molecule has 0 bridgehead atoms. The van der Waals surface area contributed by atoms with Crippen LogP contribution in [0.4, 0.5) is 4.39 Å². The van der Waals surface area contributed by atoms with Gasteiger partial charge in [-0.25, -0.2) is 4.39 Å². The molecule has 0 heterocycles. The molecule has 0 aliphatic rings. The van der Waals surface area contributed by atoms with Crippen molar-refractivity contribution in [2.45, 2.75) is 39.0 Å². The Bertz CT molecular complexity index is 432. The molecule has 1 amide bonds. The predicted molar refractivity (Wildman–Crippen MR) is 77.2 cm³/mol. The molecule has 19 heavy (non-hydrogen) atoms. The highest BCUT2D eigenvalue weighted by molar-refractivity contribution is 6.21. The third-order valence-corrected chi connectivity index (χ3v) is 3.95. The van der Waals surface area contributed by atoms with E-state index in [0.717, 1.165) is 12.8 Å². The average Bonchev–Trinajstić information content (AvgIpc) is 2.40. The largest absolute Gasteiger partial charge is 0.351 e. The van der Waals surface area contributed by atoms with Gasteiger partial charge in [0.05, 0.1) is 5.38 Å². The molecule has 0 saturated carbocycles. The van der Waals surface area contributed by atoms with Crippen molar-refractivity contribution in [1.29, 1.82) is 0 Å². The van der Waals surface area contributed by atoms with Crippen LogP contribution in [0.15, 0.2) is 18.2 Å². The highest BCUT2D eigenvalue weighted by Gasteiger charge is 2.17. The molecule has 0 radical (unpaired) electrons. The Hall–Kier alpha value is -1.09. The van der Waals surface area contributed by atoms with Gasteiger partial charge < -0.3 is 5.32 Å². The Morgan fingerprint density at radius 1 is 1.37 bits per heavy atom. The Balaban J connectivity index is 2.58. The van der Waals surface area contributed by atoms with Crippen molar-refractivity contribution in [3.8, 4) is 0 Å². The van der Waals surface area contributed by atoms with Crippen molar-refractivity contribution < 1.29 is 9.18 Å². The Morgan fingerprint density at radius 3 is 2.53 bits per heavy atom. The number of benzene rings is 1. The van der Waals surface area contributed by atoms with Crippen molar-refractivity contribution >= 4 is 17.5 Å². The van der Waals surface area contributed by atoms with Gasteiger partial charge in [-0.1, -0.05) is 26.7 Å². The van der Waals surface area contributed by atoms with Crippen molar-refractivity contribution in [1.82, 2.24) is 5.32 Å². The first-order chi connectivity index (χ1) is 8.99. The lowest BCUT2D eigenvalue weighted by Gasteiger charge is -2.19. The molecule has 1 rings (SSSR count). The molecule has 0 aromatic heterocycles. The fourth-order valence-electron chi connectivity index (χ4n) is 2.05. The smallest absolute Gasteiger partial charge is 0.251 e. The fourth-order valence-corrected chi connectivity index (χ4v) is 2.48. The van der Waals surface area contributed by atoms with Crippen LogP contribution in [0.1, 0.15) is 42.6 Å². The van der Waals surface area contributed by atoms with Gasteiger partial charge in [0, 0.05) is 12.1 Å². The van der Waals surface area contributed by atoms with E-state index in [0.29, 0.717) is 23.6 Å². The number of carbonyl (C=O) groups excluding carboxylic acids is 1. The topological polar surface area (TPSA) is 29.1 Å². The first kappa shape index (κ1) is 16.0. The molecule has 1 atom stereocenters. The monoisotopic (exact) mass is 285 g/mol. The van der Waals surface area contributed by atoms with Gasteiger partial charge in [-0.15, -0.1) is 11.6 Å². The standard InChI is InChI=1S/C15H21ClFNO/c1-4-11(5-2)13(16)9-18-15(19)12-6-7-14(17)10(3)8-12/h6-8,11,13H,4-5,9H2,1-3H3,(H,18,19). The molecule has 1 aromatic rings. The first-order valence-corrected chi connectivity index (χ1v) is 7.11. The average molecular weight is 286 g/mol. The zero-order valence-electron chi connectivity index (χ0n) is 11.7. The SMILES string of the molecule is CCC(CC)C(Cl)CNC(=O)c1ccc(F)c(C)c1. The lowest BCUT2D eigenvalue weighted by Crippen LogP contribution is -2.33. The van der Waals surface area contributed by atoms with Crippen molar-refractivity contribution in [2.75, 3.05) is 6.54 Å². The fraction of sp³-hybridized carbons (Fsp3) is 0.533. The molecule has 0 spiro atoms. The quantitative estimate of drug-likeness (QED) is 0.789. The number of aryl methyl sites for hydroxylation is 1. The highest BCUT2D eigenvalue weighted by atomic mass is 35.5. The molecule has 0 aliphatic heterocycles. The summed E-state index contributed by atoms with van der Waals surface area (Å²) in [6.45, 7) is 6.26. The number of alkyl halides is 1. The number of amides is 1. The number of rotatable bonds is 6. The minimum Gasteiger partial charge on any atom is -0.351 e. The van der Waals surface area contributed by atoms with E-state index in [4.69, 9.17) is 11.6 Å². The van der Waals surface area contributed by atoms with Crippen LogP contribution in [-0.2, 0) is 0 Å². The molecule has 2 nitrogen and oxygen atoms in total.